The fourth-order valence-corrected chi connectivity index (χ4v) is 2.12. The smallest absolute Gasteiger partial charge is 0.255 e. The summed E-state index contributed by atoms with van der Waals surface area (Å²) in [6.45, 7) is 7.29. The summed E-state index contributed by atoms with van der Waals surface area (Å²) in [4.78, 5) is 18.3. The summed E-state index contributed by atoms with van der Waals surface area (Å²) < 4.78 is 1.73. The fraction of sp³-hybridized carbons (Fsp3) is 0.462. The van der Waals surface area contributed by atoms with Crippen LogP contribution in [0.15, 0.2) is 12.3 Å². The Morgan fingerprint density at radius 2 is 2.06 bits per heavy atom. The molecule has 2 aromatic heterocycles. The Labute approximate surface area is 106 Å². The number of rotatable bonds is 3. The Morgan fingerprint density at radius 1 is 1.39 bits per heavy atom. The second kappa shape index (κ2) is 4.76. The third-order valence-electron chi connectivity index (χ3n) is 3.16. The fourth-order valence-electron chi connectivity index (χ4n) is 2.12. The molecule has 0 fully saturated rings. The first-order valence-electron chi connectivity index (χ1n) is 6.17. The van der Waals surface area contributed by atoms with Crippen LogP contribution in [-0.2, 0) is 7.05 Å². The van der Waals surface area contributed by atoms with Crippen molar-refractivity contribution in [1.82, 2.24) is 19.7 Å². The van der Waals surface area contributed by atoms with Gasteiger partial charge in [0.25, 0.3) is 5.91 Å². The van der Waals surface area contributed by atoms with Crippen molar-refractivity contribution >= 4 is 16.9 Å². The van der Waals surface area contributed by atoms with Crippen LogP contribution in [0.2, 0.25) is 0 Å². The molecule has 0 saturated heterocycles. The van der Waals surface area contributed by atoms with E-state index in [1.165, 1.54) is 0 Å². The van der Waals surface area contributed by atoms with Crippen LogP contribution >= 0.6 is 0 Å². The van der Waals surface area contributed by atoms with Crippen LogP contribution in [0.1, 0.15) is 29.9 Å². The molecule has 5 nitrogen and oxygen atoms in total. The summed E-state index contributed by atoms with van der Waals surface area (Å²) in [7, 11) is 1.86. The van der Waals surface area contributed by atoms with Gasteiger partial charge in [0.15, 0.2) is 5.65 Å². The van der Waals surface area contributed by atoms with Crippen LogP contribution in [0.25, 0.3) is 11.0 Å². The van der Waals surface area contributed by atoms with Crippen molar-refractivity contribution in [3.05, 3.63) is 23.5 Å². The maximum absolute atomic E-state index is 12.2. The van der Waals surface area contributed by atoms with Crippen molar-refractivity contribution in [3.8, 4) is 0 Å². The van der Waals surface area contributed by atoms with Crippen LogP contribution in [0.4, 0.5) is 0 Å². The molecule has 0 unspecified atom stereocenters. The first kappa shape index (κ1) is 12.5. The molecule has 0 aromatic carbocycles. The Balaban J connectivity index is 2.47. The second-order valence-electron chi connectivity index (χ2n) is 4.28. The molecule has 2 heterocycles. The SMILES string of the molecule is CCN(CC)C(=O)c1cnc2c(c1)c(C)nn2C. The molecule has 18 heavy (non-hydrogen) atoms. The highest BCUT2D eigenvalue weighted by Crippen LogP contribution is 2.17. The normalized spacial score (nSPS) is 10.9. The van der Waals surface area contributed by atoms with E-state index in [1.807, 2.05) is 33.9 Å². The molecule has 0 saturated carbocycles. The maximum atomic E-state index is 12.2. The van der Waals surface area contributed by atoms with Gasteiger partial charge in [0.2, 0.25) is 0 Å². The molecule has 0 radical (unpaired) electrons. The number of nitrogens with zero attached hydrogens (tertiary/aromatic N) is 4. The summed E-state index contributed by atoms with van der Waals surface area (Å²) in [6, 6.07) is 1.88. The van der Waals surface area contributed by atoms with Gasteiger partial charge in [0.1, 0.15) is 0 Å². The van der Waals surface area contributed by atoms with E-state index in [0.29, 0.717) is 18.7 Å². The molecule has 5 heteroatoms. The number of aromatic nitrogens is 3. The lowest BCUT2D eigenvalue weighted by atomic mass is 10.2. The molecule has 1 amide bonds. The summed E-state index contributed by atoms with van der Waals surface area (Å²) in [5.74, 6) is 0.0256. The highest BCUT2D eigenvalue weighted by Gasteiger charge is 2.15. The minimum atomic E-state index is 0.0256. The Hall–Kier alpha value is -1.91. The van der Waals surface area contributed by atoms with E-state index >= 15 is 0 Å². The monoisotopic (exact) mass is 246 g/mol. The molecular weight excluding hydrogens is 228 g/mol. The van der Waals surface area contributed by atoms with E-state index in [0.717, 1.165) is 16.7 Å². The standard InChI is InChI=1S/C13H18N4O/c1-5-17(6-2)13(18)10-7-11-9(3)15-16(4)12(11)14-8-10/h7-8H,5-6H2,1-4H3. The van der Waals surface area contributed by atoms with Gasteiger partial charge >= 0.3 is 0 Å². The average Bonchev–Trinajstić information content (AvgIpc) is 2.66. The number of amides is 1. The molecule has 0 bridgehead atoms. The van der Waals surface area contributed by atoms with Crippen LogP contribution < -0.4 is 0 Å². The number of hydrogen-bond donors (Lipinski definition) is 0. The van der Waals surface area contributed by atoms with E-state index in [9.17, 15) is 4.79 Å². The minimum Gasteiger partial charge on any atom is -0.339 e. The van der Waals surface area contributed by atoms with Crippen molar-refractivity contribution < 1.29 is 4.79 Å². The van der Waals surface area contributed by atoms with Crippen LogP contribution in [-0.4, -0.2) is 38.7 Å². The lowest BCUT2D eigenvalue weighted by molar-refractivity contribution is 0.0773. The van der Waals surface area contributed by atoms with E-state index in [2.05, 4.69) is 10.1 Å². The summed E-state index contributed by atoms with van der Waals surface area (Å²) in [5.41, 5.74) is 2.33. The lowest BCUT2D eigenvalue weighted by Crippen LogP contribution is -2.30. The van der Waals surface area contributed by atoms with E-state index in [-0.39, 0.29) is 5.91 Å². The molecule has 0 atom stereocenters. The number of hydrogen-bond acceptors (Lipinski definition) is 3. The number of fused-ring (bicyclic) bond motifs is 1. The summed E-state index contributed by atoms with van der Waals surface area (Å²) in [6.07, 6.45) is 1.63. The average molecular weight is 246 g/mol. The molecule has 0 spiro atoms. The van der Waals surface area contributed by atoms with E-state index < -0.39 is 0 Å². The summed E-state index contributed by atoms with van der Waals surface area (Å²) >= 11 is 0. The van der Waals surface area contributed by atoms with Gasteiger partial charge in [-0.2, -0.15) is 5.10 Å². The third kappa shape index (κ3) is 1.96. The van der Waals surface area contributed by atoms with Crippen molar-refractivity contribution in [3.63, 3.8) is 0 Å². The van der Waals surface area contributed by atoms with Crippen LogP contribution in [0, 0.1) is 6.92 Å². The third-order valence-corrected chi connectivity index (χ3v) is 3.16. The number of pyridine rings is 1. The zero-order chi connectivity index (χ0) is 13.3. The molecule has 96 valence electrons. The van der Waals surface area contributed by atoms with Gasteiger partial charge in [-0.25, -0.2) is 4.98 Å². The largest absolute Gasteiger partial charge is 0.339 e. The highest BCUT2D eigenvalue weighted by molar-refractivity contribution is 5.97. The molecule has 0 aliphatic carbocycles. The number of carbonyl (C=O) groups excluding carboxylic acids is 1. The first-order chi connectivity index (χ1) is 8.58. The van der Waals surface area contributed by atoms with Crippen molar-refractivity contribution in [1.29, 1.82) is 0 Å². The maximum Gasteiger partial charge on any atom is 0.255 e. The minimum absolute atomic E-state index is 0.0256. The van der Waals surface area contributed by atoms with Gasteiger partial charge < -0.3 is 4.90 Å². The highest BCUT2D eigenvalue weighted by atomic mass is 16.2. The Morgan fingerprint density at radius 3 is 2.67 bits per heavy atom. The van der Waals surface area contributed by atoms with Gasteiger partial charge in [0, 0.05) is 31.7 Å². The van der Waals surface area contributed by atoms with Crippen LogP contribution in [0.5, 0.6) is 0 Å². The number of carbonyl (C=O) groups is 1. The Bertz CT molecular complexity index is 584. The topological polar surface area (TPSA) is 51.0 Å². The molecule has 0 N–H and O–H groups in total. The second-order valence-corrected chi connectivity index (χ2v) is 4.28. The van der Waals surface area contributed by atoms with Gasteiger partial charge in [-0.05, 0) is 26.8 Å². The van der Waals surface area contributed by atoms with Gasteiger partial charge in [0.05, 0.1) is 11.3 Å². The Kier molecular flexibility index (Phi) is 3.32. The van der Waals surface area contributed by atoms with Gasteiger partial charge in [-0.15, -0.1) is 0 Å². The number of aryl methyl sites for hydroxylation is 2. The lowest BCUT2D eigenvalue weighted by Gasteiger charge is -2.18. The zero-order valence-corrected chi connectivity index (χ0v) is 11.3. The summed E-state index contributed by atoms with van der Waals surface area (Å²) in [5, 5.41) is 5.25. The molecule has 2 rings (SSSR count). The van der Waals surface area contributed by atoms with Crippen LogP contribution in [0.3, 0.4) is 0 Å². The molecule has 2 aromatic rings. The van der Waals surface area contributed by atoms with Crippen molar-refractivity contribution in [2.45, 2.75) is 20.8 Å². The first-order valence-corrected chi connectivity index (χ1v) is 6.17. The van der Waals surface area contributed by atoms with Gasteiger partial charge in [-0.1, -0.05) is 0 Å². The molecule has 0 aliphatic heterocycles. The molecular formula is C13H18N4O. The quantitative estimate of drug-likeness (QED) is 0.829. The van der Waals surface area contributed by atoms with E-state index in [4.69, 9.17) is 0 Å². The van der Waals surface area contributed by atoms with Crippen molar-refractivity contribution in [2.75, 3.05) is 13.1 Å². The van der Waals surface area contributed by atoms with Gasteiger partial charge in [-0.3, -0.25) is 9.48 Å². The van der Waals surface area contributed by atoms with Crippen molar-refractivity contribution in [2.24, 2.45) is 7.05 Å². The zero-order valence-electron chi connectivity index (χ0n) is 11.3. The predicted molar refractivity (Wildman–Crippen MR) is 70.5 cm³/mol. The van der Waals surface area contributed by atoms with E-state index in [1.54, 1.807) is 15.8 Å². The predicted octanol–water partition coefficient (Wildman–Crippen LogP) is 1.76. The molecule has 0 aliphatic rings.